The summed E-state index contributed by atoms with van der Waals surface area (Å²) in [6.45, 7) is 6.94. The molecule has 33 heavy (non-hydrogen) atoms. The molecule has 10 heteroatoms. The molecular formula is C23H24FN7OS. The minimum atomic E-state index is -0.475. The quantitative estimate of drug-likeness (QED) is 0.579. The van der Waals surface area contributed by atoms with Crippen molar-refractivity contribution in [2.75, 3.05) is 53.7 Å². The van der Waals surface area contributed by atoms with Crippen molar-refractivity contribution in [2.24, 2.45) is 5.10 Å². The molecule has 3 heterocycles. The fourth-order valence-electron chi connectivity index (χ4n) is 4.04. The Bertz CT molecular complexity index is 1210. The lowest BCUT2D eigenvalue weighted by Gasteiger charge is -2.35. The van der Waals surface area contributed by atoms with Gasteiger partial charge in [0.15, 0.2) is 5.17 Å². The molecule has 0 aliphatic carbocycles. The van der Waals surface area contributed by atoms with Crippen molar-refractivity contribution in [2.45, 2.75) is 6.92 Å². The van der Waals surface area contributed by atoms with Gasteiger partial charge < -0.3 is 9.80 Å². The summed E-state index contributed by atoms with van der Waals surface area (Å²) in [5, 5.41) is 5.72. The lowest BCUT2D eigenvalue weighted by atomic mass is 10.2. The van der Waals surface area contributed by atoms with Crippen LogP contribution in [0.15, 0.2) is 53.6 Å². The Hall–Kier alpha value is -3.24. The monoisotopic (exact) mass is 465 g/mol. The average molecular weight is 466 g/mol. The molecule has 0 unspecified atom stereocenters. The summed E-state index contributed by atoms with van der Waals surface area (Å²) in [4.78, 5) is 27.8. The van der Waals surface area contributed by atoms with E-state index in [-0.39, 0.29) is 17.3 Å². The van der Waals surface area contributed by atoms with E-state index in [0.717, 1.165) is 49.4 Å². The Labute approximate surface area is 195 Å². The minimum absolute atomic E-state index is 0.182. The average Bonchev–Trinajstić information content (AvgIpc) is 3.22. The third-order valence-corrected chi connectivity index (χ3v) is 6.74. The number of benzene rings is 2. The largest absolute Gasteiger partial charge is 0.353 e. The van der Waals surface area contributed by atoms with E-state index in [1.54, 1.807) is 18.2 Å². The lowest BCUT2D eigenvalue weighted by Crippen LogP contribution is -2.46. The SMILES string of the molecule is CCN1CCN(c2nc(NN=C3SCC(=O)N3c3ccccc3F)nc3ccccc23)CC1. The Kier molecular flexibility index (Phi) is 6.10. The van der Waals surface area contributed by atoms with Crippen molar-refractivity contribution < 1.29 is 9.18 Å². The molecule has 2 aliphatic rings. The number of para-hydroxylation sites is 2. The first-order chi connectivity index (χ1) is 16.1. The van der Waals surface area contributed by atoms with Crippen molar-refractivity contribution >= 4 is 51.2 Å². The predicted molar refractivity (Wildman–Crippen MR) is 131 cm³/mol. The van der Waals surface area contributed by atoms with Crippen LogP contribution in [-0.4, -0.2) is 64.4 Å². The van der Waals surface area contributed by atoms with Gasteiger partial charge in [0.2, 0.25) is 11.9 Å². The molecule has 2 fully saturated rings. The number of hydrazone groups is 1. The van der Waals surface area contributed by atoms with E-state index < -0.39 is 5.82 Å². The number of amidine groups is 1. The number of nitrogens with zero attached hydrogens (tertiary/aromatic N) is 6. The van der Waals surface area contributed by atoms with Gasteiger partial charge in [0.05, 0.1) is 17.0 Å². The van der Waals surface area contributed by atoms with Crippen molar-refractivity contribution in [3.8, 4) is 0 Å². The second-order valence-electron chi connectivity index (χ2n) is 7.78. The second-order valence-corrected chi connectivity index (χ2v) is 8.73. The Morgan fingerprint density at radius 2 is 1.82 bits per heavy atom. The van der Waals surface area contributed by atoms with Gasteiger partial charge in [0.1, 0.15) is 11.6 Å². The van der Waals surface area contributed by atoms with Crippen molar-refractivity contribution in [3.05, 3.63) is 54.3 Å². The van der Waals surface area contributed by atoms with Gasteiger partial charge in [-0.2, -0.15) is 4.98 Å². The number of nitrogens with one attached hydrogen (secondary N) is 1. The summed E-state index contributed by atoms with van der Waals surface area (Å²) >= 11 is 1.25. The molecule has 1 amide bonds. The first-order valence-electron chi connectivity index (χ1n) is 10.9. The number of halogens is 1. The van der Waals surface area contributed by atoms with Crippen LogP contribution in [0.3, 0.4) is 0 Å². The topological polar surface area (TPSA) is 77.0 Å². The molecule has 2 aliphatic heterocycles. The molecule has 0 radical (unpaired) electrons. The number of anilines is 3. The highest BCUT2D eigenvalue weighted by Gasteiger charge is 2.31. The molecule has 0 spiro atoms. The maximum absolute atomic E-state index is 14.3. The zero-order valence-electron chi connectivity index (χ0n) is 18.2. The van der Waals surface area contributed by atoms with Crippen LogP contribution in [0.5, 0.6) is 0 Å². The van der Waals surface area contributed by atoms with E-state index in [1.807, 2.05) is 24.3 Å². The van der Waals surface area contributed by atoms with Gasteiger partial charge in [-0.1, -0.05) is 43.0 Å². The molecule has 0 saturated carbocycles. The first kappa shape index (κ1) is 21.6. The van der Waals surface area contributed by atoms with Gasteiger partial charge in [0.25, 0.3) is 0 Å². The molecule has 1 N–H and O–H groups in total. The molecule has 170 valence electrons. The van der Waals surface area contributed by atoms with Crippen LogP contribution < -0.4 is 15.2 Å². The third kappa shape index (κ3) is 4.36. The Morgan fingerprint density at radius 3 is 2.61 bits per heavy atom. The number of hydrogen-bond donors (Lipinski definition) is 1. The third-order valence-electron chi connectivity index (χ3n) is 5.81. The summed E-state index contributed by atoms with van der Waals surface area (Å²) < 4.78 is 14.3. The summed E-state index contributed by atoms with van der Waals surface area (Å²) in [5.41, 5.74) is 3.90. The van der Waals surface area contributed by atoms with Crippen LogP contribution in [0, 0.1) is 5.82 Å². The fourth-order valence-corrected chi connectivity index (χ4v) is 4.86. The molecule has 0 bridgehead atoms. The van der Waals surface area contributed by atoms with Crippen LogP contribution in [0.2, 0.25) is 0 Å². The summed E-state index contributed by atoms with van der Waals surface area (Å²) in [6.07, 6.45) is 0. The molecular weight excluding hydrogens is 441 g/mol. The van der Waals surface area contributed by atoms with Crippen LogP contribution in [0.4, 0.5) is 21.8 Å². The molecule has 2 saturated heterocycles. The standard InChI is InChI=1S/C23H24FN7OS/c1-2-29-11-13-30(14-12-29)21-16-7-3-5-9-18(16)25-22(26-21)27-28-23-31(20(32)15-33-23)19-10-6-4-8-17(19)24/h3-10H,2,11-15H2,1H3,(H,25,26,27). The van der Waals surface area contributed by atoms with E-state index in [0.29, 0.717) is 11.1 Å². The highest BCUT2D eigenvalue weighted by Crippen LogP contribution is 2.30. The van der Waals surface area contributed by atoms with Gasteiger partial charge in [-0.3, -0.25) is 9.69 Å². The van der Waals surface area contributed by atoms with E-state index >= 15 is 0 Å². The lowest BCUT2D eigenvalue weighted by molar-refractivity contribution is -0.115. The number of likely N-dealkylation sites (N-methyl/N-ethyl adjacent to an activating group) is 1. The van der Waals surface area contributed by atoms with Crippen LogP contribution in [0.1, 0.15) is 6.92 Å². The maximum atomic E-state index is 14.3. The van der Waals surface area contributed by atoms with Gasteiger partial charge in [-0.05, 0) is 30.8 Å². The van der Waals surface area contributed by atoms with Gasteiger partial charge in [-0.25, -0.2) is 14.8 Å². The van der Waals surface area contributed by atoms with Gasteiger partial charge in [0, 0.05) is 31.6 Å². The van der Waals surface area contributed by atoms with Gasteiger partial charge >= 0.3 is 0 Å². The summed E-state index contributed by atoms with van der Waals surface area (Å²) in [7, 11) is 0. The number of aromatic nitrogens is 2. The predicted octanol–water partition coefficient (Wildman–Crippen LogP) is 3.37. The van der Waals surface area contributed by atoms with Crippen LogP contribution >= 0.6 is 11.8 Å². The Balaban J connectivity index is 1.45. The maximum Gasteiger partial charge on any atom is 0.246 e. The summed E-state index contributed by atoms with van der Waals surface area (Å²) in [5.74, 6) is 0.694. The number of thioether (sulfide) groups is 1. The summed E-state index contributed by atoms with van der Waals surface area (Å²) in [6, 6.07) is 14.1. The molecule has 2 aromatic carbocycles. The number of hydrogen-bond acceptors (Lipinski definition) is 8. The normalized spacial score (nSPS) is 18.5. The highest BCUT2D eigenvalue weighted by molar-refractivity contribution is 8.15. The van der Waals surface area contributed by atoms with E-state index in [1.165, 1.54) is 22.7 Å². The van der Waals surface area contributed by atoms with Crippen molar-refractivity contribution in [1.82, 2.24) is 14.9 Å². The molecule has 3 aromatic rings. The van der Waals surface area contributed by atoms with Crippen LogP contribution in [-0.2, 0) is 4.79 Å². The molecule has 0 atom stereocenters. The van der Waals surface area contributed by atoms with Crippen molar-refractivity contribution in [3.63, 3.8) is 0 Å². The minimum Gasteiger partial charge on any atom is -0.353 e. The smallest absolute Gasteiger partial charge is 0.246 e. The second kappa shape index (κ2) is 9.32. The number of carbonyl (C=O) groups excluding carboxylic acids is 1. The fraction of sp³-hybridized carbons (Fsp3) is 0.304. The van der Waals surface area contributed by atoms with Crippen LogP contribution in [0.25, 0.3) is 10.9 Å². The van der Waals surface area contributed by atoms with Crippen molar-refractivity contribution in [1.29, 1.82) is 0 Å². The number of fused-ring (bicyclic) bond motifs is 1. The van der Waals surface area contributed by atoms with E-state index in [9.17, 15) is 9.18 Å². The molecule has 5 rings (SSSR count). The number of rotatable bonds is 5. The number of amides is 1. The first-order valence-corrected chi connectivity index (χ1v) is 11.9. The highest BCUT2D eigenvalue weighted by atomic mass is 32.2. The zero-order valence-corrected chi connectivity index (χ0v) is 19.1. The Morgan fingerprint density at radius 1 is 1.06 bits per heavy atom. The molecule has 1 aromatic heterocycles. The van der Waals surface area contributed by atoms with Gasteiger partial charge in [-0.15, -0.1) is 5.10 Å². The number of carbonyl (C=O) groups is 1. The molecule has 8 nitrogen and oxygen atoms in total. The van der Waals surface area contributed by atoms with E-state index in [4.69, 9.17) is 4.98 Å². The number of piperazine rings is 1. The van der Waals surface area contributed by atoms with E-state index in [2.05, 4.69) is 32.2 Å². The zero-order chi connectivity index (χ0) is 22.8.